The molecule has 0 aromatic carbocycles. The van der Waals surface area contributed by atoms with Crippen molar-refractivity contribution in [2.45, 2.75) is 0 Å². The van der Waals surface area contributed by atoms with E-state index in [4.69, 9.17) is 0 Å². The normalized spacial score (nSPS) is 16.5. The fourth-order valence-electron chi connectivity index (χ4n) is 0.948. The van der Waals surface area contributed by atoms with Gasteiger partial charge in [0.1, 0.15) is 0 Å². The number of hydrogen-bond acceptors (Lipinski definition) is 2. The molecule has 1 aliphatic heterocycles. The summed E-state index contributed by atoms with van der Waals surface area (Å²) in [6.07, 6.45) is 8.97. The van der Waals surface area contributed by atoms with Gasteiger partial charge in [0.25, 0.3) is 0 Å². The molecule has 0 bridgehead atoms. The van der Waals surface area contributed by atoms with E-state index in [1.807, 2.05) is 12.2 Å². The summed E-state index contributed by atoms with van der Waals surface area (Å²) < 4.78 is 0. The van der Waals surface area contributed by atoms with Gasteiger partial charge in [-0.05, 0) is 12.2 Å². The number of nitrogens with zero attached hydrogens (tertiary/aromatic N) is 2. The number of rotatable bonds is 2. The van der Waals surface area contributed by atoms with Gasteiger partial charge in [-0.25, -0.2) is 0 Å². The molecule has 0 N–H and O–H groups in total. The van der Waals surface area contributed by atoms with Crippen LogP contribution in [0.4, 0.5) is 0 Å². The van der Waals surface area contributed by atoms with Crippen LogP contribution in [0.2, 0.25) is 0 Å². The van der Waals surface area contributed by atoms with Crippen molar-refractivity contribution >= 4 is 33.3 Å². The van der Waals surface area contributed by atoms with Crippen LogP contribution in [0.5, 0.6) is 0 Å². The van der Waals surface area contributed by atoms with E-state index in [0.29, 0.717) is 0 Å². The van der Waals surface area contributed by atoms with Gasteiger partial charge in [0.2, 0.25) is 0 Å². The number of allylic oxidation sites excluding steroid dienone is 1. The molecule has 0 fully saturated rings. The zero-order valence-electron chi connectivity index (χ0n) is 6.97. The lowest BCUT2D eigenvalue weighted by atomic mass is 10.3. The smallest absolute Gasteiger partial charge is 0.0901 e. The lowest BCUT2D eigenvalue weighted by Crippen LogP contribution is -2.31. The Hall–Kier alpha value is -1.48. The zero-order chi connectivity index (χ0) is 9.10. The van der Waals surface area contributed by atoms with Crippen molar-refractivity contribution in [2.75, 3.05) is 0 Å². The molecule has 0 unspecified atom stereocenters. The van der Waals surface area contributed by atoms with Crippen molar-refractivity contribution < 1.29 is 0 Å². The third kappa shape index (κ3) is 2.00. The highest BCUT2D eigenvalue weighted by molar-refractivity contribution is 8.10. The van der Waals surface area contributed by atoms with Crippen LogP contribution in [-0.2, 0) is 0 Å². The highest BCUT2D eigenvalue weighted by Gasteiger charge is 1.95. The Morgan fingerprint density at radius 1 is 1.23 bits per heavy atom. The predicted octanol–water partition coefficient (Wildman–Crippen LogP) is -0.0550. The van der Waals surface area contributed by atoms with Crippen LogP contribution in [0.1, 0.15) is 0 Å². The first-order chi connectivity index (χ1) is 6.40. The molecule has 0 spiro atoms. The van der Waals surface area contributed by atoms with Crippen molar-refractivity contribution in [3.8, 4) is 0 Å². The Labute approximate surface area is 79.5 Å². The number of hydrogen-bond donors (Lipinski definition) is 0. The molecule has 2 heterocycles. The van der Waals surface area contributed by atoms with Crippen LogP contribution in [0.15, 0.2) is 25.0 Å². The summed E-state index contributed by atoms with van der Waals surface area (Å²) in [5.74, 6) is 0. The monoisotopic (exact) mass is 188 g/mol. The van der Waals surface area contributed by atoms with E-state index >= 15 is 0 Å². The molecular formula is C10H8N2S. The van der Waals surface area contributed by atoms with Gasteiger partial charge in [0.15, 0.2) is 0 Å². The van der Waals surface area contributed by atoms with E-state index in [0.717, 1.165) is 10.7 Å². The minimum Gasteiger partial charge on any atom is -0.253 e. The standard InChI is InChI=1S/C10H8N2S/c1-2-3-9-10(6-8-7-13-8)12-5-4-11-9/h2-7H,1H2/b9-3+,10-6+. The Balaban J connectivity index is 2.61. The lowest BCUT2D eigenvalue weighted by molar-refractivity contribution is 1.10. The second-order valence-corrected chi connectivity index (χ2v) is 3.45. The predicted molar refractivity (Wildman–Crippen MR) is 59.1 cm³/mol. The molecule has 0 saturated carbocycles. The molecular weight excluding hydrogens is 180 g/mol. The van der Waals surface area contributed by atoms with Gasteiger partial charge in [0.05, 0.1) is 10.7 Å². The van der Waals surface area contributed by atoms with Gasteiger partial charge < -0.3 is 0 Å². The van der Waals surface area contributed by atoms with E-state index in [1.165, 1.54) is 4.86 Å². The summed E-state index contributed by atoms with van der Waals surface area (Å²) in [7, 11) is 1.72. The van der Waals surface area contributed by atoms with E-state index in [2.05, 4.69) is 21.9 Å². The maximum atomic E-state index is 4.23. The van der Waals surface area contributed by atoms with Crippen molar-refractivity contribution in [1.29, 1.82) is 0 Å². The van der Waals surface area contributed by atoms with Gasteiger partial charge in [0, 0.05) is 22.6 Å². The lowest BCUT2D eigenvalue weighted by Gasteiger charge is -1.85. The Morgan fingerprint density at radius 3 is 2.54 bits per heavy atom. The molecule has 0 atom stereocenters. The van der Waals surface area contributed by atoms with Crippen molar-refractivity contribution in [2.24, 2.45) is 0 Å². The highest BCUT2D eigenvalue weighted by Crippen LogP contribution is 1.92. The fourth-order valence-corrected chi connectivity index (χ4v) is 1.26. The quantitative estimate of drug-likeness (QED) is 0.608. The fraction of sp³-hybridized carbons (Fsp3) is 0. The zero-order valence-corrected chi connectivity index (χ0v) is 7.79. The molecule has 1 aromatic rings. The van der Waals surface area contributed by atoms with Crippen LogP contribution in [0.3, 0.4) is 0 Å². The topological polar surface area (TPSA) is 25.8 Å². The summed E-state index contributed by atoms with van der Waals surface area (Å²) in [6, 6.07) is 0. The Morgan fingerprint density at radius 2 is 1.92 bits per heavy atom. The Bertz CT molecular complexity index is 522. The van der Waals surface area contributed by atoms with Crippen LogP contribution in [-0.4, -0.2) is 20.2 Å². The summed E-state index contributed by atoms with van der Waals surface area (Å²) >= 11 is 0. The van der Waals surface area contributed by atoms with Crippen LogP contribution in [0.25, 0.3) is 12.2 Å². The second kappa shape index (κ2) is 3.49. The first-order valence-corrected chi connectivity index (χ1v) is 4.76. The molecule has 1 aromatic heterocycles. The van der Waals surface area contributed by atoms with E-state index in [1.54, 1.807) is 29.4 Å². The van der Waals surface area contributed by atoms with Gasteiger partial charge >= 0.3 is 0 Å². The summed E-state index contributed by atoms with van der Waals surface area (Å²) in [5.41, 5.74) is 0. The first-order valence-electron chi connectivity index (χ1n) is 3.88. The van der Waals surface area contributed by atoms with Crippen molar-refractivity contribution in [1.82, 2.24) is 9.97 Å². The molecule has 2 nitrogen and oxygen atoms in total. The van der Waals surface area contributed by atoms with E-state index < -0.39 is 0 Å². The molecule has 2 rings (SSSR count). The maximum Gasteiger partial charge on any atom is 0.0901 e. The number of aromatic nitrogens is 2. The van der Waals surface area contributed by atoms with Gasteiger partial charge in [-0.1, -0.05) is 12.7 Å². The molecule has 3 heteroatoms. The SMILES string of the molecule is C=C/C=c1/nccn/c1=C/C1=S=C1. The molecule has 0 radical (unpaired) electrons. The van der Waals surface area contributed by atoms with E-state index in [9.17, 15) is 0 Å². The summed E-state index contributed by atoms with van der Waals surface area (Å²) in [6.45, 7) is 3.63. The average molecular weight is 188 g/mol. The molecule has 0 amide bonds. The van der Waals surface area contributed by atoms with Gasteiger partial charge in [-0.15, -0.1) is 10.9 Å². The van der Waals surface area contributed by atoms with Crippen LogP contribution >= 0.6 is 10.9 Å². The first kappa shape index (κ1) is 8.13. The highest BCUT2D eigenvalue weighted by atomic mass is 32.1. The summed E-state index contributed by atoms with van der Waals surface area (Å²) in [5, 5.41) is 3.84. The van der Waals surface area contributed by atoms with Crippen molar-refractivity contribution in [3.05, 3.63) is 35.7 Å². The average Bonchev–Trinajstić information content (AvgIpc) is 2.93. The maximum absolute atomic E-state index is 4.23. The minimum atomic E-state index is 0.867. The van der Waals surface area contributed by atoms with Crippen LogP contribution < -0.4 is 10.7 Å². The minimum absolute atomic E-state index is 0.867. The second-order valence-electron chi connectivity index (χ2n) is 2.51. The molecule has 1 aliphatic rings. The molecule has 13 heavy (non-hydrogen) atoms. The molecule has 0 aliphatic carbocycles. The summed E-state index contributed by atoms with van der Waals surface area (Å²) in [4.78, 5) is 9.67. The third-order valence-electron chi connectivity index (χ3n) is 1.56. The van der Waals surface area contributed by atoms with Gasteiger partial charge in [-0.3, -0.25) is 9.97 Å². The molecule has 0 saturated heterocycles. The van der Waals surface area contributed by atoms with Crippen molar-refractivity contribution in [3.63, 3.8) is 0 Å². The molecule has 64 valence electrons. The van der Waals surface area contributed by atoms with Gasteiger partial charge in [-0.2, -0.15) is 0 Å². The Kier molecular flexibility index (Phi) is 2.19. The van der Waals surface area contributed by atoms with Crippen LogP contribution in [0, 0.1) is 0 Å². The third-order valence-corrected chi connectivity index (χ3v) is 2.19. The van der Waals surface area contributed by atoms with E-state index in [-0.39, 0.29) is 0 Å². The largest absolute Gasteiger partial charge is 0.253 e.